The molecule has 3 atom stereocenters. The van der Waals surface area contributed by atoms with Gasteiger partial charge in [0.15, 0.2) is 0 Å². The predicted molar refractivity (Wildman–Crippen MR) is 128 cm³/mol. The number of aryl methyl sites for hydroxylation is 1. The largest absolute Gasteiger partial charge is 0.356 e. The average molecular weight is 455 g/mol. The SMILES string of the molecule is Cc1ccc(/C=C2/SC3CCC(C(=O)NCCc4ccc(Cl)cc4)CC3NC2=O)cc1. The van der Waals surface area contributed by atoms with Crippen LogP contribution in [0.25, 0.3) is 6.08 Å². The number of fused-ring (bicyclic) bond motifs is 1. The molecule has 0 aromatic heterocycles. The van der Waals surface area contributed by atoms with Crippen molar-refractivity contribution < 1.29 is 9.59 Å². The van der Waals surface area contributed by atoms with Crippen molar-refractivity contribution in [3.05, 3.63) is 75.1 Å². The van der Waals surface area contributed by atoms with E-state index in [1.807, 2.05) is 42.5 Å². The first-order valence-corrected chi connectivity index (χ1v) is 12.0. The summed E-state index contributed by atoms with van der Waals surface area (Å²) in [6.45, 7) is 2.66. The molecule has 3 unspecified atom stereocenters. The first kappa shape index (κ1) is 22.0. The number of hydrogen-bond acceptors (Lipinski definition) is 3. The van der Waals surface area contributed by atoms with E-state index in [1.54, 1.807) is 11.8 Å². The van der Waals surface area contributed by atoms with Crippen LogP contribution in [0.15, 0.2) is 53.4 Å². The molecule has 1 aliphatic heterocycles. The Hall–Kier alpha value is -2.24. The number of hydrogen-bond donors (Lipinski definition) is 2. The van der Waals surface area contributed by atoms with Crippen LogP contribution in [0, 0.1) is 12.8 Å². The highest BCUT2D eigenvalue weighted by Gasteiger charge is 2.39. The second-order valence-electron chi connectivity index (χ2n) is 8.33. The van der Waals surface area contributed by atoms with Crippen molar-refractivity contribution >= 4 is 41.3 Å². The third-order valence-electron chi connectivity index (χ3n) is 5.98. The summed E-state index contributed by atoms with van der Waals surface area (Å²) in [6, 6.07) is 15.9. The molecule has 31 heavy (non-hydrogen) atoms. The molecule has 2 N–H and O–H groups in total. The molecular formula is C25H27ClN2O2S. The lowest BCUT2D eigenvalue weighted by molar-refractivity contribution is -0.127. The summed E-state index contributed by atoms with van der Waals surface area (Å²) >= 11 is 7.57. The molecule has 2 amide bonds. The smallest absolute Gasteiger partial charge is 0.257 e. The molecule has 6 heteroatoms. The number of halogens is 1. The zero-order valence-electron chi connectivity index (χ0n) is 17.6. The van der Waals surface area contributed by atoms with Crippen molar-refractivity contribution in [1.82, 2.24) is 10.6 Å². The van der Waals surface area contributed by atoms with Crippen LogP contribution in [-0.2, 0) is 16.0 Å². The maximum absolute atomic E-state index is 12.7. The van der Waals surface area contributed by atoms with Gasteiger partial charge in [-0.25, -0.2) is 0 Å². The van der Waals surface area contributed by atoms with Crippen molar-refractivity contribution in [3.8, 4) is 0 Å². The molecule has 1 saturated heterocycles. The van der Waals surface area contributed by atoms with Gasteiger partial charge in [-0.05, 0) is 61.9 Å². The summed E-state index contributed by atoms with van der Waals surface area (Å²) in [7, 11) is 0. The second kappa shape index (κ2) is 9.92. The van der Waals surface area contributed by atoms with Crippen LogP contribution < -0.4 is 10.6 Å². The van der Waals surface area contributed by atoms with Gasteiger partial charge in [-0.1, -0.05) is 53.6 Å². The van der Waals surface area contributed by atoms with Crippen LogP contribution in [0.4, 0.5) is 0 Å². The van der Waals surface area contributed by atoms with Crippen LogP contribution in [0.1, 0.15) is 36.0 Å². The van der Waals surface area contributed by atoms with Gasteiger partial charge < -0.3 is 10.6 Å². The van der Waals surface area contributed by atoms with E-state index < -0.39 is 0 Å². The Morgan fingerprint density at radius 3 is 2.65 bits per heavy atom. The lowest BCUT2D eigenvalue weighted by Gasteiger charge is -2.39. The van der Waals surface area contributed by atoms with Crippen molar-refractivity contribution in [2.24, 2.45) is 5.92 Å². The topological polar surface area (TPSA) is 58.2 Å². The minimum absolute atomic E-state index is 0.0318. The van der Waals surface area contributed by atoms with E-state index in [-0.39, 0.29) is 23.8 Å². The van der Waals surface area contributed by atoms with E-state index >= 15 is 0 Å². The highest BCUT2D eigenvalue weighted by atomic mass is 35.5. The van der Waals surface area contributed by atoms with Gasteiger partial charge >= 0.3 is 0 Å². The van der Waals surface area contributed by atoms with Gasteiger partial charge in [0, 0.05) is 28.8 Å². The highest BCUT2D eigenvalue weighted by molar-refractivity contribution is 8.04. The van der Waals surface area contributed by atoms with Crippen molar-refractivity contribution in [2.75, 3.05) is 6.54 Å². The van der Waals surface area contributed by atoms with E-state index in [0.717, 1.165) is 35.3 Å². The molecule has 2 aromatic rings. The molecule has 0 bridgehead atoms. The van der Waals surface area contributed by atoms with E-state index in [0.29, 0.717) is 23.2 Å². The fourth-order valence-electron chi connectivity index (χ4n) is 4.17. The van der Waals surface area contributed by atoms with Gasteiger partial charge in [-0.2, -0.15) is 0 Å². The van der Waals surface area contributed by atoms with Crippen LogP contribution in [0.3, 0.4) is 0 Å². The number of benzene rings is 2. The third kappa shape index (κ3) is 5.72. The Morgan fingerprint density at radius 1 is 1.16 bits per heavy atom. The number of carbonyl (C=O) groups excluding carboxylic acids is 2. The maximum Gasteiger partial charge on any atom is 0.257 e. The molecule has 2 fully saturated rings. The Labute approximate surface area is 192 Å². The lowest BCUT2D eigenvalue weighted by Crippen LogP contribution is -2.51. The maximum atomic E-state index is 12.7. The molecule has 0 radical (unpaired) electrons. The van der Waals surface area contributed by atoms with E-state index in [4.69, 9.17) is 11.6 Å². The average Bonchev–Trinajstić information content (AvgIpc) is 2.77. The molecule has 0 spiro atoms. The number of thioether (sulfide) groups is 1. The van der Waals surface area contributed by atoms with Crippen molar-refractivity contribution in [3.63, 3.8) is 0 Å². The summed E-state index contributed by atoms with van der Waals surface area (Å²) in [4.78, 5) is 26.1. The van der Waals surface area contributed by atoms with Gasteiger partial charge in [-0.3, -0.25) is 9.59 Å². The minimum atomic E-state index is -0.0463. The number of amides is 2. The van der Waals surface area contributed by atoms with Gasteiger partial charge in [0.1, 0.15) is 0 Å². The Balaban J connectivity index is 1.29. The van der Waals surface area contributed by atoms with Crippen LogP contribution in [-0.4, -0.2) is 29.7 Å². The van der Waals surface area contributed by atoms with E-state index in [2.05, 4.69) is 29.7 Å². The zero-order chi connectivity index (χ0) is 21.8. The third-order valence-corrected chi connectivity index (χ3v) is 7.65. The van der Waals surface area contributed by atoms with Gasteiger partial charge in [-0.15, -0.1) is 11.8 Å². The first-order chi connectivity index (χ1) is 15.0. The predicted octanol–water partition coefficient (Wildman–Crippen LogP) is 4.75. The zero-order valence-corrected chi connectivity index (χ0v) is 19.1. The Morgan fingerprint density at radius 2 is 1.90 bits per heavy atom. The summed E-state index contributed by atoms with van der Waals surface area (Å²) in [5.41, 5.74) is 3.39. The summed E-state index contributed by atoms with van der Waals surface area (Å²) in [5.74, 6) is 0.0123. The molecule has 2 aliphatic rings. The molecule has 4 rings (SSSR count). The standard InChI is InChI=1S/C25H27ClN2O2S/c1-16-2-4-18(5-3-16)14-23-25(30)28-21-15-19(8-11-22(21)31-23)24(29)27-13-12-17-6-9-20(26)10-7-17/h2-7,9-10,14,19,21-22H,8,11-13,15H2,1H3,(H,27,29)(H,28,30)/b23-14+. The second-order valence-corrected chi connectivity index (χ2v) is 10.1. The Bertz CT molecular complexity index is 972. The summed E-state index contributed by atoms with van der Waals surface area (Å²) in [6.07, 6.45) is 5.23. The lowest BCUT2D eigenvalue weighted by atomic mass is 9.84. The Kier molecular flexibility index (Phi) is 7.03. The number of carbonyl (C=O) groups is 2. The molecule has 4 nitrogen and oxygen atoms in total. The van der Waals surface area contributed by atoms with Crippen molar-refractivity contribution in [2.45, 2.75) is 43.9 Å². The van der Waals surface area contributed by atoms with E-state index in [9.17, 15) is 9.59 Å². The molecule has 1 heterocycles. The fourth-order valence-corrected chi connectivity index (χ4v) is 5.59. The van der Waals surface area contributed by atoms with Crippen LogP contribution in [0.2, 0.25) is 5.02 Å². The molecule has 1 aliphatic carbocycles. The summed E-state index contributed by atoms with van der Waals surface area (Å²) in [5, 5.41) is 7.26. The monoisotopic (exact) mass is 454 g/mol. The van der Waals surface area contributed by atoms with Crippen molar-refractivity contribution in [1.29, 1.82) is 0 Å². The molecular weight excluding hydrogens is 428 g/mol. The molecule has 2 aromatic carbocycles. The van der Waals surface area contributed by atoms with E-state index in [1.165, 1.54) is 5.56 Å². The normalized spacial score (nSPS) is 24.4. The summed E-state index contributed by atoms with van der Waals surface area (Å²) < 4.78 is 0. The minimum Gasteiger partial charge on any atom is -0.356 e. The van der Waals surface area contributed by atoms with Gasteiger partial charge in [0.2, 0.25) is 5.91 Å². The molecule has 162 valence electrons. The van der Waals surface area contributed by atoms with Crippen LogP contribution in [0.5, 0.6) is 0 Å². The highest BCUT2D eigenvalue weighted by Crippen LogP contribution is 2.39. The van der Waals surface area contributed by atoms with Crippen LogP contribution >= 0.6 is 23.4 Å². The number of nitrogens with one attached hydrogen (secondary N) is 2. The fraction of sp³-hybridized carbons (Fsp3) is 0.360. The van der Waals surface area contributed by atoms with Gasteiger partial charge in [0.25, 0.3) is 5.91 Å². The quantitative estimate of drug-likeness (QED) is 0.641. The van der Waals surface area contributed by atoms with Gasteiger partial charge in [0.05, 0.1) is 4.91 Å². The molecule has 1 saturated carbocycles. The number of rotatable bonds is 5. The first-order valence-electron chi connectivity index (χ1n) is 10.8.